The first-order valence-corrected chi connectivity index (χ1v) is 8.18. The predicted molar refractivity (Wildman–Crippen MR) is 96.7 cm³/mol. The summed E-state index contributed by atoms with van der Waals surface area (Å²) in [4.78, 5) is 18.8. The Hall–Kier alpha value is -1.43. The molecule has 0 radical (unpaired) electrons. The maximum Gasteiger partial charge on any atom is 0.227 e. The number of hydrogen-bond acceptors (Lipinski definition) is 3. The number of halogens is 2. The number of nitrogens with one attached hydrogen (secondary N) is 1. The number of nitrogens with zero attached hydrogens (tertiary/aromatic N) is 2. The molecule has 0 saturated carbocycles. The number of aromatic nitrogens is 1. The van der Waals surface area contributed by atoms with E-state index < -0.39 is 0 Å². The molecule has 1 aromatic heterocycles. The summed E-state index contributed by atoms with van der Waals surface area (Å²) in [5.41, 5.74) is 2.12. The van der Waals surface area contributed by atoms with Crippen LogP contribution in [0.5, 0.6) is 0 Å². The molecule has 0 aliphatic carbocycles. The third kappa shape index (κ3) is 4.53. The zero-order valence-corrected chi connectivity index (χ0v) is 15.0. The second-order valence-corrected chi connectivity index (χ2v) is 6.31. The molecule has 1 aromatic carbocycles. The van der Waals surface area contributed by atoms with Crippen LogP contribution < -0.4 is 5.32 Å². The highest BCUT2D eigenvalue weighted by atomic mass is 79.9. The van der Waals surface area contributed by atoms with Crippen LogP contribution in [-0.2, 0) is 11.2 Å². The highest BCUT2D eigenvalue weighted by molar-refractivity contribution is 9.10. The Morgan fingerprint density at radius 2 is 2.09 bits per heavy atom. The molecule has 4 nitrogen and oxygen atoms in total. The van der Waals surface area contributed by atoms with E-state index in [4.69, 9.17) is 0 Å². The minimum Gasteiger partial charge on any atom is -0.333 e. The summed E-state index contributed by atoms with van der Waals surface area (Å²) in [7, 11) is 0. The Balaban J connectivity index is 0.00000192. The Morgan fingerprint density at radius 1 is 1.30 bits per heavy atom. The number of carbonyl (C=O) groups excluding carboxylic acids is 1. The van der Waals surface area contributed by atoms with Crippen LogP contribution in [0.1, 0.15) is 17.2 Å². The Morgan fingerprint density at radius 3 is 2.78 bits per heavy atom. The lowest BCUT2D eigenvalue weighted by molar-refractivity contribution is -0.133. The van der Waals surface area contributed by atoms with Crippen molar-refractivity contribution in [2.24, 2.45) is 0 Å². The van der Waals surface area contributed by atoms with Crippen LogP contribution >= 0.6 is 28.3 Å². The lowest BCUT2D eigenvalue weighted by atomic mass is 10.0. The van der Waals surface area contributed by atoms with Gasteiger partial charge in [-0.15, -0.1) is 12.4 Å². The van der Waals surface area contributed by atoms with Gasteiger partial charge in [0.2, 0.25) is 5.91 Å². The summed E-state index contributed by atoms with van der Waals surface area (Å²) in [5.74, 6) is 0.165. The summed E-state index contributed by atoms with van der Waals surface area (Å²) >= 11 is 3.42. The average Bonchev–Trinajstić information content (AvgIpc) is 2.58. The maximum absolute atomic E-state index is 12.7. The topological polar surface area (TPSA) is 45.2 Å². The number of pyridine rings is 1. The molecule has 1 aliphatic rings. The molecule has 6 heteroatoms. The SMILES string of the molecule is Cl.O=C(Cc1ccc(Br)cc1)N1CCNCC1c1cccnc1. The molecule has 1 amide bonds. The van der Waals surface area contributed by atoms with E-state index in [1.165, 1.54) is 0 Å². The number of piperazine rings is 1. The number of rotatable bonds is 3. The molecule has 122 valence electrons. The maximum atomic E-state index is 12.7. The first kappa shape index (κ1) is 17.9. The zero-order valence-electron chi connectivity index (χ0n) is 12.6. The van der Waals surface area contributed by atoms with Crippen molar-refractivity contribution in [2.75, 3.05) is 19.6 Å². The van der Waals surface area contributed by atoms with E-state index in [9.17, 15) is 4.79 Å². The van der Waals surface area contributed by atoms with E-state index >= 15 is 0 Å². The van der Waals surface area contributed by atoms with Crippen LogP contribution in [0.4, 0.5) is 0 Å². The van der Waals surface area contributed by atoms with Crippen molar-refractivity contribution in [1.29, 1.82) is 0 Å². The van der Waals surface area contributed by atoms with E-state index in [0.717, 1.165) is 35.2 Å². The first-order valence-electron chi connectivity index (χ1n) is 7.38. The van der Waals surface area contributed by atoms with Crippen LogP contribution in [0.25, 0.3) is 0 Å². The third-order valence-corrected chi connectivity index (χ3v) is 4.43. The van der Waals surface area contributed by atoms with Gasteiger partial charge in [0.25, 0.3) is 0 Å². The highest BCUT2D eigenvalue weighted by Crippen LogP contribution is 2.22. The Bertz CT molecular complexity index is 636. The Labute approximate surface area is 150 Å². The van der Waals surface area contributed by atoms with Gasteiger partial charge in [0.05, 0.1) is 12.5 Å². The molecular formula is C17H19BrClN3O. The molecule has 3 rings (SSSR count). The lowest BCUT2D eigenvalue weighted by Gasteiger charge is -2.36. The molecule has 1 N–H and O–H groups in total. The molecule has 1 aliphatic heterocycles. The second kappa shape index (κ2) is 8.43. The third-order valence-electron chi connectivity index (χ3n) is 3.90. The van der Waals surface area contributed by atoms with Crippen LogP contribution in [0.2, 0.25) is 0 Å². The minimum atomic E-state index is 0. The largest absolute Gasteiger partial charge is 0.333 e. The van der Waals surface area contributed by atoms with Crippen LogP contribution in [-0.4, -0.2) is 35.4 Å². The van der Waals surface area contributed by atoms with E-state index in [-0.39, 0.29) is 24.4 Å². The molecule has 1 atom stereocenters. The Kier molecular flexibility index (Phi) is 6.57. The van der Waals surface area contributed by atoms with Gasteiger partial charge in [0.15, 0.2) is 0 Å². The second-order valence-electron chi connectivity index (χ2n) is 5.40. The van der Waals surface area contributed by atoms with Gasteiger partial charge in [-0.25, -0.2) is 0 Å². The van der Waals surface area contributed by atoms with E-state index in [1.54, 1.807) is 6.20 Å². The predicted octanol–water partition coefficient (Wildman–Crippen LogP) is 2.98. The van der Waals surface area contributed by atoms with Gasteiger partial charge in [-0.2, -0.15) is 0 Å². The van der Waals surface area contributed by atoms with Gasteiger partial charge in [-0.3, -0.25) is 9.78 Å². The van der Waals surface area contributed by atoms with Gasteiger partial charge in [0.1, 0.15) is 0 Å². The van der Waals surface area contributed by atoms with Gasteiger partial charge in [-0.1, -0.05) is 34.1 Å². The quantitative estimate of drug-likeness (QED) is 0.867. The van der Waals surface area contributed by atoms with Crippen molar-refractivity contribution in [3.05, 3.63) is 64.4 Å². The van der Waals surface area contributed by atoms with Crippen LogP contribution in [0.15, 0.2) is 53.3 Å². The standard InChI is InChI=1S/C17H18BrN3O.ClH/c18-15-5-3-13(4-6-15)10-17(22)21-9-8-20-12-16(21)14-2-1-7-19-11-14;/h1-7,11,16,20H,8-10,12H2;1H. The van der Waals surface area contributed by atoms with Gasteiger partial charge in [0, 0.05) is 36.5 Å². The fourth-order valence-electron chi connectivity index (χ4n) is 2.75. The summed E-state index contributed by atoms with van der Waals surface area (Å²) < 4.78 is 1.03. The normalized spacial score (nSPS) is 17.4. The van der Waals surface area contributed by atoms with Crippen LogP contribution in [0, 0.1) is 0 Å². The molecule has 2 aromatic rings. The number of hydrogen-bond donors (Lipinski definition) is 1. The molecule has 1 fully saturated rings. The van der Waals surface area contributed by atoms with Crippen molar-refractivity contribution < 1.29 is 4.79 Å². The van der Waals surface area contributed by atoms with E-state index in [1.807, 2.05) is 47.5 Å². The monoisotopic (exact) mass is 395 g/mol. The molecule has 1 unspecified atom stereocenters. The molecule has 23 heavy (non-hydrogen) atoms. The average molecular weight is 397 g/mol. The van der Waals surface area contributed by atoms with Crippen molar-refractivity contribution in [2.45, 2.75) is 12.5 Å². The summed E-state index contributed by atoms with van der Waals surface area (Å²) in [6, 6.07) is 11.9. The molecule has 1 saturated heterocycles. The summed E-state index contributed by atoms with van der Waals surface area (Å²) in [5, 5.41) is 3.36. The fourth-order valence-corrected chi connectivity index (χ4v) is 3.02. The number of amides is 1. The fraction of sp³-hybridized carbons (Fsp3) is 0.294. The van der Waals surface area contributed by atoms with E-state index in [0.29, 0.717) is 6.42 Å². The van der Waals surface area contributed by atoms with E-state index in [2.05, 4.69) is 26.2 Å². The molecule has 0 bridgehead atoms. The lowest BCUT2D eigenvalue weighted by Crippen LogP contribution is -2.49. The van der Waals surface area contributed by atoms with Gasteiger partial charge in [-0.05, 0) is 29.3 Å². The number of benzene rings is 1. The zero-order chi connectivity index (χ0) is 15.4. The van der Waals surface area contributed by atoms with Gasteiger partial charge >= 0.3 is 0 Å². The van der Waals surface area contributed by atoms with Crippen LogP contribution in [0.3, 0.4) is 0 Å². The molecule has 2 heterocycles. The summed E-state index contributed by atoms with van der Waals surface area (Å²) in [6.07, 6.45) is 4.04. The van der Waals surface area contributed by atoms with Crippen molar-refractivity contribution in [1.82, 2.24) is 15.2 Å². The highest BCUT2D eigenvalue weighted by Gasteiger charge is 2.27. The molecule has 0 spiro atoms. The molecular weight excluding hydrogens is 378 g/mol. The van der Waals surface area contributed by atoms with Crippen molar-refractivity contribution >= 4 is 34.2 Å². The minimum absolute atomic E-state index is 0. The van der Waals surface area contributed by atoms with Crippen molar-refractivity contribution in [3.8, 4) is 0 Å². The first-order chi connectivity index (χ1) is 10.7. The summed E-state index contributed by atoms with van der Waals surface area (Å²) in [6.45, 7) is 2.34. The smallest absolute Gasteiger partial charge is 0.227 e. The van der Waals surface area contributed by atoms with Crippen molar-refractivity contribution in [3.63, 3.8) is 0 Å². The van der Waals surface area contributed by atoms with Gasteiger partial charge < -0.3 is 10.2 Å². The number of carbonyl (C=O) groups is 1.